The number of rotatable bonds is 6. The Morgan fingerprint density at radius 1 is 0.971 bits per heavy atom. The third-order valence-electron chi connectivity index (χ3n) is 5.75. The van der Waals surface area contributed by atoms with Gasteiger partial charge < -0.3 is 4.90 Å². The molecule has 1 aliphatic heterocycles. The standard InChI is InChI=1S/C24H25F3N4O2S/c1-2-4-18-7-9-21(10-8-18)34(32,33)31-15-13-30(14-16-31)23-28-12-11-22(29-23)19-5-3-6-20(17-19)24(25,26)27/h3,5-12,17H,2,4,13-16H2,1H3. The molecule has 10 heteroatoms. The molecule has 0 spiro atoms. The number of benzene rings is 2. The van der Waals surface area contributed by atoms with E-state index in [1.54, 1.807) is 24.3 Å². The SMILES string of the molecule is CCCc1ccc(S(=O)(=O)N2CCN(c3nccc(-c4cccc(C(F)(F)F)c4)n3)CC2)cc1. The fourth-order valence-electron chi connectivity index (χ4n) is 3.91. The minimum atomic E-state index is -4.44. The molecule has 2 aromatic carbocycles. The van der Waals surface area contributed by atoms with E-state index in [9.17, 15) is 21.6 Å². The number of anilines is 1. The first-order valence-electron chi connectivity index (χ1n) is 11.0. The van der Waals surface area contributed by atoms with Gasteiger partial charge >= 0.3 is 6.18 Å². The topological polar surface area (TPSA) is 66.4 Å². The Morgan fingerprint density at radius 3 is 2.32 bits per heavy atom. The summed E-state index contributed by atoms with van der Waals surface area (Å²) >= 11 is 0. The van der Waals surface area contributed by atoms with E-state index in [-0.39, 0.29) is 18.0 Å². The first-order valence-corrected chi connectivity index (χ1v) is 12.5. The van der Waals surface area contributed by atoms with E-state index in [2.05, 4.69) is 16.9 Å². The highest BCUT2D eigenvalue weighted by Crippen LogP contribution is 2.32. The molecule has 1 fully saturated rings. The van der Waals surface area contributed by atoms with Crippen molar-refractivity contribution in [1.82, 2.24) is 14.3 Å². The molecule has 6 nitrogen and oxygen atoms in total. The second-order valence-corrected chi connectivity index (χ2v) is 10.0. The lowest BCUT2D eigenvalue weighted by Crippen LogP contribution is -2.49. The predicted molar refractivity (Wildman–Crippen MR) is 124 cm³/mol. The average molecular weight is 491 g/mol. The number of halogens is 3. The molecule has 0 aliphatic carbocycles. The Morgan fingerprint density at radius 2 is 1.68 bits per heavy atom. The van der Waals surface area contributed by atoms with Gasteiger partial charge in [0.05, 0.1) is 16.2 Å². The van der Waals surface area contributed by atoms with Gasteiger partial charge in [-0.05, 0) is 42.3 Å². The first-order chi connectivity index (χ1) is 16.2. The fraction of sp³-hybridized carbons (Fsp3) is 0.333. The monoisotopic (exact) mass is 490 g/mol. The van der Waals surface area contributed by atoms with Crippen molar-refractivity contribution in [2.24, 2.45) is 0 Å². The van der Waals surface area contributed by atoms with Crippen molar-refractivity contribution < 1.29 is 21.6 Å². The Hall–Kier alpha value is -2.98. The molecule has 34 heavy (non-hydrogen) atoms. The molecule has 180 valence electrons. The third-order valence-corrected chi connectivity index (χ3v) is 7.66. The average Bonchev–Trinajstić information content (AvgIpc) is 2.84. The van der Waals surface area contributed by atoms with Crippen LogP contribution in [-0.4, -0.2) is 48.9 Å². The molecule has 3 aromatic rings. The summed E-state index contributed by atoms with van der Waals surface area (Å²) in [6, 6.07) is 13.5. The summed E-state index contributed by atoms with van der Waals surface area (Å²) in [5.41, 5.74) is 1.07. The van der Waals surface area contributed by atoms with E-state index in [1.165, 1.54) is 16.6 Å². The molecule has 1 aromatic heterocycles. The highest BCUT2D eigenvalue weighted by atomic mass is 32.2. The molecule has 1 saturated heterocycles. The first kappa shape index (κ1) is 24.2. The lowest BCUT2D eigenvalue weighted by atomic mass is 10.1. The van der Waals surface area contributed by atoms with Crippen molar-refractivity contribution in [2.75, 3.05) is 31.1 Å². The van der Waals surface area contributed by atoms with Gasteiger partial charge in [0, 0.05) is 37.9 Å². The van der Waals surface area contributed by atoms with Crippen molar-refractivity contribution >= 4 is 16.0 Å². The molecule has 0 unspecified atom stereocenters. The van der Waals surface area contributed by atoms with Crippen LogP contribution in [0.2, 0.25) is 0 Å². The zero-order valence-corrected chi connectivity index (χ0v) is 19.5. The van der Waals surface area contributed by atoms with Gasteiger partial charge in [-0.3, -0.25) is 0 Å². The summed E-state index contributed by atoms with van der Waals surface area (Å²) in [6.45, 7) is 3.34. The minimum Gasteiger partial charge on any atom is -0.338 e. The molecular formula is C24H25F3N4O2S. The van der Waals surface area contributed by atoms with Crippen LogP contribution in [0.5, 0.6) is 0 Å². The molecule has 1 aliphatic rings. The summed E-state index contributed by atoms with van der Waals surface area (Å²) in [5.74, 6) is 0.357. The van der Waals surface area contributed by atoms with E-state index >= 15 is 0 Å². The fourth-order valence-corrected chi connectivity index (χ4v) is 5.33. The summed E-state index contributed by atoms with van der Waals surface area (Å²) in [4.78, 5) is 10.8. The highest BCUT2D eigenvalue weighted by Gasteiger charge is 2.31. The summed E-state index contributed by atoms with van der Waals surface area (Å²) in [7, 11) is -3.61. The van der Waals surface area contributed by atoms with E-state index in [1.807, 2.05) is 17.0 Å². The second-order valence-electron chi connectivity index (χ2n) is 8.11. The number of hydrogen-bond donors (Lipinski definition) is 0. The molecular weight excluding hydrogens is 465 g/mol. The lowest BCUT2D eigenvalue weighted by Gasteiger charge is -2.34. The van der Waals surface area contributed by atoms with Gasteiger partial charge in [0.15, 0.2) is 0 Å². The molecule has 0 amide bonds. The molecule has 0 saturated carbocycles. The Bertz CT molecular complexity index is 1240. The smallest absolute Gasteiger partial charge is 0.338 e. The van der Waals surface area contributed by atoms with Gasteiger partial charge in [0.25, 0.3) is 0 Å². The molecule has 0 bridgehead atoms. The van der Waals surface area contributed by atoms with Crippen LogP contribution in [-0.2, 0) is 22.6 Å². The number of alkyl halides is 3. The number of piperazine rings is 1. The quantitative estimate of drug-likeness (QED) is 0.504. The predicted octanol–water partition coefficient (Wildman–Crippen LogP) is 4.63. The van der Waals surface area contributed by atoms with Gasteiger partial charge in [-0.15, -0.1) is 0 Å². The normalized spacial score (nSPS) is 15.5. The lowest BCUT2D eigenvalue weighted by molar-refractivity contribution is -0.137. The van der Waals surface area contributed by atoms with Crippen molar-refractivity contribution in [3.05, 3.63) is 71.9 Å². The molecule has 2 heterocycles. The van der Waals surface area contributed by atoms with Gasteiger partial charge in [-0.25, -0.2) is 18.4 Å². The maximum atomic E-state index is 13.1. The van der Waals surface area contributed by atoms with Crippen LogP contribution in [0.4, 0.5) is 19.1 Å². The Kier molecular flexibility index (Phi) is 6.90. The van der Waals surface area contributed by atoms with Crippen LogP contribution in [0.25, 0.3) is 11.3 Å². The van der Waals surface area contributed by atoms with Crippen LogP contribution in [0.3, 0.4) is 0 Å². The van der Waals surface area contributed by atoms with E-state index in [4.69, 9.17) is 0 Å². The van der Waals surface area contributed by atoms with Crippen LogP contribution >= 0.6 is 0 Å². The summed E-state index contributed by atoms with van der Waals surface area (Å²) in [6.07, 6.45) is -1.05. The van der Waals surface area contributed by atoms with E-state index < -0.39 is 21.8 Å². The zero-order valence-electron chi connectivity index (χ0n) is 18.7. The highest BCUT2D eigenvalue weighted by molar-refractivity contribution is 7.89. The number of aromatic nitrogens is 2. The Balaban J connectivity index is 1.47. The van der Waals surface area contributed by atoms with Gasteiger partial charge in [-0.2, -0.15) is 17.5 Å². The zero-order chi connectivity index (χ0) is 24.3. The van der Waals surface area contributed by atoms with E-state index in [0.717, 1.165) is 30.5 Å². The number of aryl methyl sites for hydroxylation is 1. The van der Waals surface area contributed by atoms with Crippen LogP contribution < -0.4 is 4.90 Å². The van der Waals surface area contributed by atoms with Gasteiger partial charge in [0.1, 0.15) is 0 Å². The second kappa shape index (κ2) is 9.71. The molecule has 0 atom stereocenters. The van der Waals surface area contributed by atoms with Crippen LogP contribution in [0.15, 0.2) is 65.7 Å². The van der Waals surface area contributed by atoms with Crippen LogP contribution in [0.1, 0.15) is 24.5 Å². The van der Waals surface area contributed by atoms with E-state index in [0.29, 0.717) is 30.3 Å². The Labute approximate surface area is 197 Å². The summed E-state index contributed by atoms with van der Waals surface area (Å²) < 4.78 is 66.7. The maximum absolute atomic E-state index is 13.1. The van der Waals surface area contributed by atoms with Gasteiger partial charge in [-0.1, -0.05) is 37.6 Å². The molecule has 4 rings (SSSR count). The molecule has 0 radical (unpaired) electrons. The van der Waals surface area contributed by atoms with Crippen molar-refractivity contribution in [2.45, 2.75) is 30.8 Å². The third kappa shape index (κ3) is 5.23. The maximum Gasteiger partial charge on any atom is 0.416 e. The van der Waals surface area contributed by atoms with Crippen LogP contribution in [0, 0.1) is 0 Å². The molecule has 0 N–H and O–H groups in total. The summed E-state index contributed by atoms with van der Waals surface area (Å²) in [5, 5.41) is 0. The number of sulfonamides is 1. The number of nitrogens with zero attached hydrogens (tertiary/aromatic N) is 4. The van der Waals surface area contributed by atoms with Crippen molar-refractivity contribution in [1.29, 1.82) is 0 Å². The number of hydrogen-bond acceptors (Lipinski definition) is 5. The minimum absolute atomic E-state index is 0.260. The largest absolute Gasteiger partial charge is 0.416 e. The van der Waals surface area contributed by atoms with Crippen molar-refractivity contribution in [3.8, 4) is 11.3 Å². The van der Waals surface area contributed by atoms with Crippen molar-refractivity contribution in [3.63, 3.8) is 0 Å². The van der Waals surface area contributed by atoms with Gasteiger partial charge in [0.2, 0.25) is 16.0 Å².